The summed E-state index contributed by atoms with van der Waals surface area (Å²) in [5.41, 5.74) is 0. The summed E-state index contributed by atoms with van der Waals surface area (Å²) >= 11 is 6.96. The molecule has 0 radical (unpaired) electrons. The molecule has 2 heterocycles. The summed E-state index contributed by atoms with van der Waals surface area (Å²) in [6, 6.07) is 4.08. The first kappa shape index (κ1) is 14.4. The number of nitrogens with one attached hydrogen (secondary N) is 1. The first-order chi connectivity index (χ1) is 9.22. The predicted molar refractivity (Wildman–Crippen MR) is 80.1 cm³/mol. The zero-order valence-corrected chi connectivity index (χ0v) is 12.8. The van der Waals surface area contributed by atoms with Gasteiger partial charge in [0.15, 0.2) is 10.6 Å². The van der Waals surface area contributed by atoms with Gasteiger partial charge in [0, 0.05) is 26.7 Å². The van der Waals surface area contributed by atoms with Crippen LogP contribution in [0.15, 0.2) is 17.5 Å². The van der Waals surface area contributed by atoms with Crippen molar-refractivity contribution in [2.45, 2.75) is 6.54 Å². The Hall–Kier alpha value is -1.02. The van der Waals surface area contributed by atoms with Crippen molar-refractivity contribution in [1.82, 2.24) is 19.7 Å². The minimum atomic E-state index is 0.670. The van der Waals surface area contributed by atoms with Gasteiger partial charge in [-0.25, -0.2) is 0 Å². The maximum Gasteiger partial charge on any atom is 0.195 e. The van der Waals surface area contributed by atoms with E-state index < -0.39 is 0 Å². The van der Waals surface area contributed by atoms with Crippen molar-refractivity contribution < 1.29 is 4.74 Å². The molecule has 0 bridgehead atoms. The third kappa shape index (κ3) is 3.73. The maximum atomic E-state index is 5.29. The van der Waals surface area contributed by atoms with Crippen LogP contribution in [-0.2, 0) is 11.3 Å². The monoisotopic (exact) mass is 298 g/mol. The molecule has 2 aromatic rings. The molecule has 0 spiro atoms. The Morgan fingerprint density at radius 1 is 1.53 bits per heavy atom. The number of hydrogen-bond acceptors (Lipinski definition) is 5. The molecule has 0 amide bonds. The molecule has 0 aliphatic carbocycles. The van der Waals surface area contributed by atoms with Gasteiger partial charge >= 0.3 is 0 Å². The number of aromatic amines is 1. The molecule has 0 aliphatic heterocycles. The normalized spacial score (nSPS) is 11.3. The average Bonchev–Trinajstić information content (AvgIpc) is 3.03. The first-order valence-electron chi connectivity index (χ1n) is 6.09. The summed E-state index contributed by atoms with van der Waals surface area (Å²) in [5.74, 6) is 0.917. The summed E-state index contributed by atoms with van der Waals surface area (Å²) in [6.07, 6.45) is 0. The van der Waals surface area contributed by atoms with Crippen LogP contribution in [0.25, 0.3) is 10.7 Å². The fourth-order valence-electron chi connectivity index (χ4n) is 1.75. The van der Waals surface area contributed by atoms with Gasteiger partial charge in [0.2, 0.25) is 0 Å². The van der Waals surface area contributed by atoms with Gasteiger partial charge in [-0.15, -0.1) is 11.3 Å². The van der Waals surface area contributed by atoms with Gasteiger partial charge in [-0.1, -0.05) is 6.07 Å². The predicted octanol–water partition coefficient (Wildman–Crippen LogP) is 2.25. The van der Waals surface area contributed by atoms with Crippen LogP contribution >= 0.6 is 23.6 Å². The number of hydrogen-bond donors (Lipinski definition) is 1. The van der Waals surface area contributed by atoms with Crippen molar-refractivity contribution in [2.24, 2.45) is 0 Å². The van der Waals surface area contributed by atoms with Gasteiger partial charge in [-0.05, 0) is 30.7 Å². The van der Waals surface area contributed by atoms with Crippen LogP contribution in [0.4, 0.5) is 0 Å². The van der Waals surface area contributed by atoms with E-state index in [4.69, 9.17) is 17.0 Å². The summed E-state index contributed by atoms with van der Waals surface area (Å²) in [7, 11) is 3.79. The van der Waals surface area contributed by atoms with E-state index in [1.54, 1.807) is 18.4 Å². The van der Waals surface area contributed by atoms with Crippen LogP contribution in [0.2, 0.25) is 0 Å². The molecule has 0 aromatic carbocycles. The number of rotatable bonds is 7. The second-order valence-electron chi connectivity index (χ2n) is 4.28. The number of H-pyrrole nitrogens is 1. The van der Waals surface area contributed by atoms with E-state index in [1.165, 1.54) is 0 Å². The highest BCUT2D eigenvalue weighted by molar-refractivity contribution is 7.71. The Balaban J connectivity index is 2.04. The molecule has 19 heavy (non-hydrogen) atoms. The van der Waals surface area contributed by atoms with E-state index in [0.717, 1.165) is 36.9 Å². The maximum absolute atomic E-state index is 5.29. The van der Waals surface area contributed by atoms with Gasteiger partial charge in [0.05, 0.1) is 11.5 Å². The highest BCUT2D eigenvalue weighted by Crippen LogP contribution is 2.22. The zero-order valence-electron chi connectivity index (χ0n) is 11.1. The molecule has 0 atom stereocenters. The smallest absolute Gasteiger partial charge is 0.195 e. The Morgan fingerprint density at radius 2 is 2.37 bits per heavy atom. The number of aromatic nitrogens is 3. The number of methoxy groups -OCH3 is 1. The Labute approximate surface area is 121 Å². The molecule has 2 aromatic heterocycles. The lowest BCUT2D eigenvalue weighted by molar-refractivity contribution is 0.159. The molecular weight excluding hydrogens is 280 g/mol. The van der Waals surface area contributed by atoms with Crippen molar-refractivity contribution in [2.75, 3.05) is 33.9 Å². The van der Waals surface area contributed by atoms with Crippen LogP contribution in [0.5, 0.6) is 0 Å². The quantitative estimate of drug-likeness (QED) is 0.796. The number of ether oxygens (including phenoxy) is 1. The minimum Gasteiger partial charge on any atom is -0.383 e. The molecule has 1 N–H and O–H groups in total. The van der Waals surface area contributed by atoms with Crippen LogP contribution in [0.3, 0.4) is 0 Å². The molecule has 104 valence electrons. The number of thiophene rings is 1. The summed E-state index contributed by atoms with van der Waals surface area (Å²) in [4.78, 5) is 3.35. The Kier molecular flexibility index (Phi) is 5.26. The molecule has 5 nitrogen and oxygen atoms in total. The Morgan fingerprint density at radius 3 is 3.05 bits per heavy atom. The van der Waals surface area contributed by atoms with Crippen molar-refractivity contribution >= 4 is 23.6 Å². The number of nitrogens with zero attached hydrogens (tertiary/aromatic N) is 3. The highest BCUT2D eigenvalue weighted by atomic mass is 32.1. The number of likely N-dealkylation sites (N-methyl/N-ethyl adjacent to an activating group) is 1. The van der Waals surface area contributed by atoms with Gasteiger partial charge in [0.25, 0.3) is 0 Å². The van der Waals surface area contributed by atoms with Crippen molar-refractivity contribution in [3.05, 3.63) is 22.3 Å². The average molecular weight is 298 g/mol. The zero-order chi connectivity index (χ0) is 13.7. The standard InChI is InChI=1S/C12H18N4OS2/c1-15(7-8-17-2)5-6-16-11(13-14-12(16)18)10-4-3-9-19-10/h3-4,9H,5-8H2,1-2H3,(H,14,18). The third-order valence-corrected chi connectivity index (χ3v) is 4.06. The van der Waals surface area contributed by atoms with Crippen LogP contribution < -0.4 is 0 Å². The van der Waals surface area contributed by atoms with Crippen molar-refractivity contribution in [3.63, 3.8) is 0 Å². The lowest BCUT2D eigenvalue weighted by Gasteiger charge is -2.16. The van der Waals surface area contributed by atoms with E-state index in [9.17, 15) is 0 Å². The van der Waals surface area contributed by atoms with Gasteiger partial charge in [0.1, 0.15) is 0 Å². The lowest BCUT2D eigenvalue weighted by Crippen LogP contribution is -2.27. The van der Waals surface area contributed by atoms with Crippen molar-refractivity contribution in [3.8, 4) is 10.7 Å². The molecule has 0 unspecified atom stereocenters. The van der Waals surface area contributed by atoms with E-state index in [-0.39, 0.29) is 0 Å². The van der Waals surface area contributed by atoms with E-state index >= 15 is 0 Å². The Bertz CT molecular complexity index is 546. The largest absolute Gasteiger partial charge is 0.383 e. The van der Waals surface area contributed by atoms with Crippen molar-refractivity contribution in [1.29, 1.82) is 0 Å². The topological polar surface area (TPSA) is 46.1 Å². The highest BCUT2D eigenvalue weighted by Gasteiger charge is 2.10. The fraction of sp³-hybridized carbons (Fsp3) is 0.500. The lowest BCUT2D eigenvalue weighted by atomic mass is 10.4. The fourth-order valence-corrected chi connectivity index (χ4v) is 2.69. The molecule has 0 saturated heterocycles. The summed E-state index contributed by atoms with van der Waals surface area (Å²) in [5, 5.41) is 9.23. The van der Waals surface area contributed by atoms with E-state index in [1.807, 2.05) is 16.0 Å². The van der Waals surface area contributed by atoms with Gasteiger partial charge < -0.3 is 9.64 Å². The second-order valence-corrected chi connectivity index (χ2v) is 5.61. The minimum absolute atomic E-state index is 0.670. The molecule has 2 rings (SSSR count). The van der Waals surface area contributed by atoms with Gasteiger partial charge in [-0.2, -0.15) is 5.10 Å². The molecular formula is C12H18N4OS2. The van der Waals surface area contributed by atoms with Crippen LogP contribution in [0.1, 0.15) is 0 Å². The van der Waals surface area contributed by atoms with Crippen LogP contribution in [0, 0.1) is 4.77 Å². The molecule has 0 fully saturated rings. The molecule has 0 saturated carbocycles. The summed E-state index contributed by atoms with van der Waals surface area (Å²) < 4.78 is 7.79. The van der Waals surface area contributed by atoms with Gasteiger partial charge in [-0.3, -0.25) is 9.67 Å². The second kappa shape index (κ2) is 6.95. The van der Waals surface area contributed by atoms with E-state index in [2.05, 4.69) is 28.2 Å². The SMILES string of the molecule is COCCN(C)CCn1c(-c2cccs2)n[nH]c1=S. The summed E-state index contributed by atoms with van der Waals surface area (Å²) in [6.45, 7) is 3.39. The first-order valence-corrected chi connectivity index (χ1v) is 7.37. The molecule has 7 heteroatoms. The third-order valence-electron chi connectivity index (χ3n) is 2.88. The molecule has 0 aliphatic rings. The van der Waals surface area contributed by atoms with Crippen LogP contribution in [-0.4, -0.2) is 53.5 Å². The van der Waals surface area contributed by atoms with E-state index in [0.29, 0.717) is 4.77 Å².